The first-order valence-corrected chi connectivity index (χ1v) is 4.68. The molecule has 1 aliphatic rings. The number of β-amino-alcohol motifs (C(OH)–C–C–N with tert-alkyl or cyclic N) is 1. The Labute approximate surface area is 74.0 Å². The fraction of sp³-hybridized carbons (Fsp3) is 1.00. The van der Waals surface area contributed by atoms with Gasteiger partial charge in [0.1, 0.15) is 0 Å². The Kier molecular flexibility index (Phi) is 3.50. The van der Waals surface area contributed by atoms with Crippen LogP contribution in [0.25, 0.3) is 0 Å². The van der Waals surface area contributed by atoms with Gasteiger partial charge < -0.3 is 10.2 Å². The largest absolute Gasteiger partial charge is 0.396 e. The highest BCUT2D eigenvalue weighted by Gasteiger charge is 2.27. The molecule has 0 aliphatic carbocycles. The van der Waals surface area contributed by atoms with Crippen molar-refractivity contribution in [2.45, 2.75) is 32.4 Å². The average molecular weight is 173 g/mol. The second-order valence-electron chi connectivity index (χ2n) is 3.89. The maximum atomic E-state index is 9.59. The summed E-state index contributed by atoms with van der Waals surface area (Å²) in [5.74, 6) is 0.0972. The fourth-order valence-corrected chi connectivity index (χ4v) is 1.69. The lowest BCUT2D eigenvalue weighted by molar-refractivity contribution is -0.0116. The molecule has 12 heavy (non-hydrogen) atoms. The van der Waals surface area contributed by atoms with E-state index in [1.54, 1.807) is 0 Å². The van der Waals surface area contributed by atoms with Crippen molar-refractivity contribution in [2.24, 2.45) is 5.92 Å². The van der Waals surface area contributed by atoms with Crippen LogP contribution in [0.2, 0.25) is 0 Å². The van der Waals surface area contributed by atoms with E-state index in [1.807, 2.05) is 0 Å². The van der Waals surface area contributed by atoms with Gasteiger partial charge in [0.2, 0.25) is 0 Å². The van der Waals surface area contributed by atoms with Gasteiger partial charge in [0.05, 0.1) is 6.10 Å². The molecule has 1 unspecified atom stereocenters. The highest BCUT2D eigenvalue weighted by atomic mass is 16.3. The molecule has 1 heterocycles. The third kappa shape index (κ3) is 2.19. The SMILES string of the molecule is CC(C)N1CC[C@H](CO)C(O)C1. The molecule has 0 spiro atoms. The second-order valence-corrected chi connectivity index (χ2v) is 3.89. The van der Waals surface area contributed by atoms with Crippen molar-refractivity contribution in [3.8, 4) is 0 Å². The molecule has 72 valence electrons. The summed E-state index contributed by atoms with van der Waals surface area (Å²) in [5.41, 5.74) is 0. The lowest BCUT2D eigenvalue weighted by atomic mass is 9.94. The molecule has 3 heteroatoms. The first-order valence-electron chi connectivity index (χ1n) is 4.68. The zero-order valence-corrected chi connectivity index (χ0v) is 7.90. The first kappa shape index (κ1) is 9.96. The van der Waals surface area contributed by atoms with Crippen LogP contribution in [0.4, 0.5) is 0 Å². The lowest BCUT2D eigenvalue weighted by Crippen LogP contribution is -2.47. The Balaban J connectivity index is 2.40. The number of piperidine rings is 1. The predicted octanol–water partition coefficient (Wildman–Crippen LogP) is 0.0699. The van der Waals surface area contributed by atoms with Crippen LogP contribution in [0.15, 0.2) is 0 Å². The summed E-state index contributed by atoms with van der Waals surface area (Å²) in [6.07, 6.45) is 0.571. The predicted molar refractivity (Wildman–Crippen MR) is 47.9 cm³/mol. The van der Waals surface area contributed by atoms with E-state index in [-0.39, 0.29) is 18.6 Å². The zero-order valence-electron chi connectivity index (χ0n) is 7.90. The third-order valence-electron chi connectivity index (χ3n) is 2.72. The number of aliphatic hydroxyl groups excluding tert-OH is 2. The number of likely N-dealkylation sites (tertiary alicyclic amines) is 1. The van der Waals surface area contributed by atoms with E-state index in [0.717, 1.165) is 13.0 Å². The maximum absolute atomic E-state index is 9.59. The van der Waals surface area contributed by atoms with Crippen LogP contribution in [0.5, 0.6) is 0 Å². The van der Waals surface area contributed by atoms with Gasteiger partial charge in [0.25, 0.3) is 0 Å². The summed E-state index contributed by atoms with van der Waals surface area (Å²) in [7, 11) is 0. The smallest absolute Gasteiger partial charge is 0.0717 e. The van der Waals surface area contributed by atoms with Gasteiger partial charge in [-0.15, -0.1) is 0 Å². The van der Waals surface area contributed by atoms with E-state index in [9.17, 15) is 5.11 Å². The van der Waals surface area contributed by atoms with E-state index in [4.69, 9.17) is 5.11 Å². The average Bonchev–Trinajstić information content (AvgIpc) is 2.04. The van der Waals surface area contributed by atoms with Gasteiger partial charge in [0, 0.05) is 25.1 Å². The van der Waals surface area contributed by atoms with Crippen molar-refractivity contribution in [3.05, 3.63) is 0 Å². The summed E-state index contributed by atoms with van der Waals surface area (Å²) in [6.45, 7) is 6.09. The van der Waals surface area contributed by atoms with E-state index >= 15 is 0 Å². The molecule has 1 fully saturated rings. The van der Waals surface area contributed by atoms with Gasteiger partial charge in [-0.2, -0.15) is 0 Å². The lowest BCUT2D eigenvalue weighted by Gasteiger charge is -2.37. The molecule has 0 bridgehead atoms. The Hall–Kier alpha value is -0.120. The van der Waals surface area contributed by atoms with Crippen molar-refractivity contribution in [3.63, 3.8) is 0 Å². The fourth-order valence-electron chi connectivity index (χ4n) is 1.69. The van der Waals surface area contributed by atoms with E-state index in [2.05, 4.69) is 18.7 Å². The number of hydrogen-bond acceptors (Lipinski definition) is 3. The molecule has 1 rings (SSSR count). The Morgan fingerprint density at radius 2 is 2.17 bits per heavy atom. The summed E-state index contributed by atoms with van der Waals surface area (Å²) in [5, 5.41) is 18.5. The molecule has 1 aliphatic heterocycles. The molecule has 0 radical (unpaired) electrons. The van der Waals surface area contributed by atoms with Crippen molar-refractivity contribution in [2.75, 3.05) is 19.7 Å². The molecule has 2 N–H and O–H groups in total. The number of hydrogen-bond donors (Lipinski definition) is 2. The summed E-state index contributed by atoms with van der Waals surface area (Å²) in [4.78, 5) is 2.25. The molecule has 0 saturated carbocycles. The summed E-state index contributed by atoms with van der Waals surface area (Å²) >= 11 is 0. The van der Waals surface area contributed by atoms with Crippen molar-refractivity contribution < 1.29 is 10.2 Å². The normalized spacial score (nSPS) is 32.8. The molecule has 0 amide bonds. The highest BCUT2D eigenvalue weighted by molar-refractivity contribution is 4.80. The van der Waals surface area contributed by atoms with Gasteiger partial charge in [0.15, 0.2) is 0 Å². The topological polar surface area (TPSA) is 43.7 Å². The Bertz CT molecular complexity index is 138. The van der Waals surface area contributed by atoms with E-state index in [1.165, 1.54) is 0 Å². The van der Waals surface area contributed by atoms with Crippen LogP contribution >= 0.6 is 0 Å². The summed E-state index contributed by atoms with van der Waals surface area (Å²) in [6, 6.07) is 0.499. The van der Waals surface area contributed by atoms with Crippen molar-refractivity contribution >= 4 is 0 Å². The van der Waals surface area contributed by atoms with Gasteiger partial charge in [-0.3, -0.25) is 4.90 Å². The minimum Gasteiger partial charge on any atom is -0.396 e. The molecule has 0 aromatic heterocycles. The standard InChI is InChI=1S/C9H19NO2/c1-7(2)10-4-3-8(6-11)9(12)5-10/h7-9,11-12H,3-6H2,1-2H3/t8-,9?/m1/s1. The summed E-state index contributed by atoms with van der Waals surface area (Å²) < 4.78 is 0. The van der Waals surface area contributed by atoms with Crippen LogP contribution in [0.1, 0.15) is 20.3 Å². The van der Waals surface area contributed by atoms with Crippen molar-refractivity contribution in [1.29, 1.82) is 0 Å². The van der Waals surface area contributed by atoms with Crippen molar-refractivity contribution in [1.82, 2.24) is 4.90 Å². The zero-order chi connectivity index (χ0) is 9.14. The maximum Gasteiger partial charge on any atom is 0.0717 e. The first-order chi connectivity index (χ1) is 5.65. The van der Waals surface area contributed by atoms with Gasteiger partial charge in [-0.25, -0.2) is 0 Å². The number of aliphatic hydroxyl groups is 2. The van der Waals surface area contributed by atoms with Gasteiger partial charge in [-0.05, 0) is 26.8 Å². The molecule has 1 saturated heterocycles. The van der Waals surface area contributed by atoms with Crippen LogP contribution in [0, 0.1) is 5.92 Å². The Morgan fingerprint density at radius 1 is 1.50 bits per heavy atom. The molecule has 0 aromatic rings. The highest BCUT2D eigenvalue weighted by Crippen LogP contribution is 2.18. The van der Waals surface area contributed by atoms with Crippen LogP contribution in [-0.4, -0.2) is 47.0 Å². The second kappa shape index (κ2) is 4.21. The van der Waals surface area contributed by atoms with E-state index in [0.29, 0.717) is 12.6 Å². The van der Waals surface area contributed by atoms with Crippen LogP contribution in [0.3, 0.4) is 0 Å². The Morgan fingerprint density at radius 3 is 2.58 bits per heavy atom. The monoisotopic (exact) mass is 173 g/mol. The molecular formula is C9H19NO2. The van der Waals surface area contributed by atoms with Crippen LogP contribution < -0.4 is 0 Å². The number of nitrogens with zero attached hydrogens (tertiary/aromatic N) is 1. The minimum absolute atomic E-state index is 0.0972. The quantitative estimate of drug-likeness (QED) is 0.621. The van der Waals surface area contributed by atoms with E-state index < -0.39 is 0 Å². The van der Waals surface area contributed by atoms with Gasteiger partial charge in [-0.1, -0.05) is 0 Å². The molecule has 2 atom stereocenters. The van der Waals surface area contributed by atoms with Crippen LogP contribution in [-0.2, 0) is 0 Å². The number of rotatable bonds is 2. The molecular weight excluding hydrogens is 154 g/mol. The molecule has 0 aromatic carbocycles. The van der Waals surface area contributed by atoms with Gasteiger partial charge >= 0.3 is 0 Å². The minimum atomic E-state index is -0.342. The molecule has 3 nitrogen and oxygen atoms in total. The third-order valence-corrected chi connectivity index (χ3v) is 2.72.